The molecule has 0 aliphatic heterocycles. The van der Waals surface area contributed by atoms with Crippen LogP contribution in [0.3, 0.4) is 0 Å². The Morgan fingerprint density at radius 2 is 1.64 bits per heavy atom. The van der Waals surface area contributed by atoms with Crippen LogP contribution in [0.5, 0.6) is 0 Å². The van der Waals surface area contributed by atoms with Crippen molar-refractivity contribution in [2.75, 3.05) is 32.8 Å². The Hall–Kier alpha value is -0.120. The Labute approximate surface area is 87.3 Å². The van der Waals surface area contributed by atoms with E-state index in [4.69, 9.17) is 5.11 Å². The molecule has 0 aromatic carbocycles. The molecular formula is C11H24N2O. The highest BCUT2D eigenvalue weighted by Crippen LogP contribution is 2.22. The summed E-state index contributed by atoms with van der Waals surface area (Å²) >= 11 is 0. The van der Waals surface area contributed by atoms with Crippen molar-refractivity contribution < 1.29 is 5.11 Å². The van der Waals surface area contributed by atoms with Crippen LogP contribution in [0.25, 0.3) is 0 Å². The fourth-order valence-corrected chi connectivity index (χ4v) is 2.08. The quantitative estimate of drug-likeness (QED) is 0.531. The third kappa shape index (κ3) is 5.58. The van der Waals surface area contributed by atoms with Crippen molar-refractivity contribution in [1.29, 1.82) is 0 Å². The Morgan fingerprint density at radius 3 is 2.36 bits per heavy atom. The molecule has 0 aromatic rings. The van der Waals surface area contributed by atoms with Gasteiger partial charge in [0.25, 0.3) is 0 Å². The molecule has 0 radical (unpaired) electrons. The largest absolute Gasteiger partial charge is 0.395 e. The average Bonchev–Trinajstić information content (AvgIpc) is 2.25. The molecule has 1 saturated carbocycles. The summed E-state index contributed by atoms with van der Waals surface area (Å²) < 4.78 is 0. The van der Waals surface area contributed by atoms with Gasteiger partial charge in [0.05, 0.1) is 6.61 Å². The maximum atomic E-state index is 8.54. The molecule has 3 N–H and O–H groups in total. The Kier molecular flexibility index (Phi) is 7.01. The van der Waals surface area contributed by atoms with Gasteiger partial charge in [-0.15, -0.1) is 0 Å². The summed E-state index contributed by atoms with van der Waals surface area (Å²) in [6, 6.07) is 0. The molecule has 14 heavy (non-hydrogen) atoms. The van der Waals surface area contributed by atoms with Gasteiger partial charge in [-0.3, -0.25) is 0 Å². The second-order valence-corrected chi connectivity index (χ2v) is 4.18. The van der Waals surface area contributed by atoms with E-state index in [2.05, 4.69) is 10.6 Å². The predicted molar refractivity (Wildman–Crippen MR) is 59.4 cm³/mol. The molecule has 84 valence electrons. The summed E-state index contributed by atoms with van der Waals surface area (Å²) in [5.74, 6) is 0.918. The number of hydrogen-bond donors (Lipinski definition) is 3. The van der Waals surface area contributed by atoms with E-state index in [-0.39, 0.29) is 6.61 Å². The van der Waals surface area contributed by atoms with Crippen molar-refractivity contribution in [3.05, 3.63) is 0 Å². The lowest BCUT2D eigenvalue weighted by Crippen LogP contribution is -2.32. The van der Waals surface area contributed by atoms with Crippen LogP contribution in [0.2, 0.25) is 0 Å². The fraction of sp³-hybridized carbons (Fsp3) is 1.00. The first kappa shape index (κ1) is 12.0. The molecule has 1 fully saturated rings. The topological polar surface area (TPSA) is 44.3 Å². The van der Waals surface area contributed by atoms with Gasteiger partial charge < -0.3 is 15.7 Å². The zero-order valence-corrected chi connectivity index (χ0v) is 9.10. The van der Waals surface area contributed by atoms with Crippen LogP contribution in [0.15, 0.2) is 0 Å². The third-order valence-electron chi connectivity index (χ3n) is 2.92. The van der Waals surface area contributed by atoms with Crippen LogP contribution in [0.1, 0.15) is 32.1 Å². The second-order valence-electron chi connectivity index (χ2n) is 4.18. The van der Waals surface area contributed by atoms with Crippen LogP contribution < -0.4 is 10.6 Å². The van der Waals surface area contributed by atoms with Gasteiger partial charge in [0.2, 0.25) is 0 Å². The molecule has 1 aliphatic rings. The van der Waals surface area contributed by atoms with Crippen LogP contribution in [0.4, 0.5) is 0 Å². The number of aliphatic hydroxyl groups is 1. The van der Waals surface area contributed by atoms with E-state index in [1.807, 2.05) is 0 Å². The molecule has 3 nitrogen and oxygen atoms in total. The van der Waals surface area contributed by atoms with Gasteiger partial charge >= 0.3 is 0 Å². The van der Waals surface area contributed by atoms with Crippen molar-refractivity contribution in [3.8, 4) is 0 Å². The van der Waals surface area contributed by atoms with Gasteiger partial charge in [0.1, 0.15) is 0 Å². The Morgan fingerprint density at radius 1 is 0.929 bits per heavy atom. The molecule has 0 saturated heterocycles. The zero-order valence-electron chi connectivity index (χ0n) is 9.10. The van der Waals surface area contributed by atoms with E-state index in [1.165, 1.54) is 38.6 Å². The summed E-state index contributed by atoms with van der Waals surface area (Å²) in [5, 5.41) is 15.2. The predicted octanol–water partition coefficient (Wildman–Crippen LogP) is 0.738. The SMILES string of the molecule is OCCNCCNCC1CCCCC1. The maximum Gasteiger partial charge on any atom is 0.0555 e. The third-order valence-corrected chi connectivity index (χ3v) is 2.92. The van der Waals surface area contributed by atoms with Gasteiger partial charge in [-0.1, -0.05) is 19.3 Å². The van der Waals surface area contributed by atoms with E-state index >= 15 is 0 Å². The first-order valence-electron chi connectivity index (χ1n) is 5.96. The normalized spacial score (nSPS) is 18.6. The number of nitrogens with one attached hydrogen (secondary N) is 2. The summed E-state index contributed by atoms with van der Waals surface area (Å²) in [7, 11) is 0. The van der Waals surface area contributed by atoms with Crippen molar-refractivity contribution in [2.24, 2.45) is 5.92 Å². The van der Waals surface area contributed by atoms with Gasteiger partial charge in [0, 0.05) is 19.6 Å². The highest BCUT2D eigenvalue weighted by Gasteiger charge is 2.11. The Balaban J connectivity index is 1.82. The van der Waals surface area contributed by atoms with Gasteiger partial charge in [0.15, 0.2) is 0 Å². The first-order valence-corrected chi connectivity index (χ1v) is 5.96. The Bertz CT molecular complexity index is 124. The smallest absolute Gasteiger partial charge is 0.0555 e. The van der Waals surface area contributed by atoms with E-state index in [9.17, 15) is 0 Å². The summed E-state index contributed by atoms with van der Waals surface area (Å²) in [5.41, 5.74) is 0. The second kappa shape index (κ2) is 8.21. The minimum Gasteiger partial charge on any atom is -0.395 e. The monoisotopic (exact) mass is 200 g/mol. The van der Waals surface area contributed by atoms with E-state index in [0.717, 1.165) is 19.0 Å². The van der Waals surface area contributed by atoms with Gasteiger partial charge in [-0.05, 0) is 25.3 Å². The van der Waals surface area contributed by atoms with Crippen molar-refractivity contribution in [3.63, 3.8) is 0 Å². The molecule has 0 unspecified atom stereocenters. The highest BCUT2D eigenvalue weighted by molar-refractivity contribution is 4.68. The average molecular weight is 200 g/mol. The van der Waals surface area contributed by atoms with Crippen molar-refractivity contribution in [1.82, 2.24) is 10.6 Å². The van der Waals surface area contributed by atoms with Crippen LogP contribution >= 0.6 is 0 Å². The molecule has 0 amide bonds. The lowest BCUT2D eigenvalue weighted by atomic mass is 9.89. The van der Waals surface area contributed by atoms with Gasteiger partial charge in [-0.2, -0.15) is 0 Å². The molecule has 1 rings (SSSR count). The summed E-state index contributed by atoms with van der Waals surface area (Å²) in [4.78, 5) is 0. The minimum absolute atomic E-state index is 0.239. The molecule has 0 heterocycles. The fourth-order valence-electron chi connectivity index (χ4n) is 2.08. The summed E-state index contributed by atoms with van der Waals surface area (Å²) in [6.45, 7) is 4.12. The minimum atomic E-state index is 0.239. The molecule has 0 aromatic heterocycles. The van der Waals surface area contributed by atoms with E-state index < -0.39 is 0 Å². The maximum absolute atomic E-state index is 8.54. The molecule has 0 atom stereocenters. The summed E-state index contributed by atoms with van der Waals surface area (Å²) in [6.07, 6.45) is 7.12. The van der Waals surface area contributed by atoms with Crippen molar-refractivity contribution >= 4 is 0 Å². The lowest BCUT2D eigenvalue weighted by Gasteiger charge is -2.21. The molecule has 3 heteroatoms. The number of aliphatic hydroxyl groups excluding tert-OH is 1. The first-order chi connectivity index (χ1) is 6.93. The van der Waals surface area contributed by atoms with E-state index in [1.54, 1.807) is 0 Å². The lowest BCUT2D eigenvalue weighted by molar-refractivity contribution is 0.291. The zero-order chi connectivity index (χ0) is 10.1. The van der Waals surface area contributed by atoms with E-state index in [0.29, 0.717) is 6.54 Å². The molecule has 1 aliphatic carbocycles. The standard InChI is InChI=1S/C11H24N2O/c14-9-8-12-6-7-13-10-11-4-2-1-3-5-11/h11-14H,1-10H2. The highest BCUT2D eigenvalue weighted by atomic mass is 16.3. The number of hydrogen-bond acceptors (Lipinski definition) is 3. The molecule has 0 spiro atoms. The van der Waals surface area contributed by atoms with Crippen molar-refractivity contribution in [2.45, 2.75) is 32.1 Å². The van der Waals surface area contributed by atoms with Crippen LogP contribution in [-0.2, 0) is 0 Å². The van der Waals surface area contributed by atoms with Gasteiger partial charge in [-0.25, -0.2) is 0 Å². The molecular weight excluding hydrogens is 176 g/mol. The number of rotatable bonds is 7. The van der Waals surface area contributed by atoms with Crippen LogP contribution in [-0.4, -0.2) is 37.9 Å². The van der Waals surface area contributed by atoms with Crippen LogP contribution in [0, 0.1) is 5.92 Å². The molecule has 0 bridgehead atoms.